The second kappa shape index (κ2) is 4.07. The van der Waals surface area contributed by atoms with Crippen LogP contribution in [0, 0.1) is 0 Å². The number of rotatable bonds is 3. The summed E-state index contributed by atoms with van der Waals surface area (Å²) in [5.74, 6) is -5.73. The van der Waals surface area contributed by atoms with Crippen molar-refractivity contribution >= 4 is 5.91 Å². The first-order valence-electron chi connectivity index (χ1n) is 3.53. The van der Waals surface area contributed by atoms with Gasteiger partial charge in [-0.05, 0) is 0 Å². The fourth-order valence-corrected chi connectivity index (χ4v) is 0.592. The minimum absolute atomic E-state index is 0.724. The van der Waals surface area contributed by atoms with Crippen LogP contribution in [0.4, 0.5) is 22.0 Å². The van der Waals surface area contributed by atoms with Gasteiger partial charge in [-0.3, -0.25) is 4.79 Å². The van der Waals surface area contributed by atoms with Crippen molar-refractivity contribution in [2.75, 3.05) is 6.54 Å². The zero-order chi connectivity index (χ0) is 11.6. The van der Waals surface area contributed by atoms with Crippen molar-refractivity contribution in [2.24, 2.45) is 5.73 Å². The fraction of sp³-hybridized carbons (Fsp3) is 0.833. The van der Waals surface area contributed by atoms with Gasteiger partial charge in [0.2, 0.25) is 5.91 Å². The normalized spacial score (nSPS) is 15.1. The van der Waals surface area contributed by atoms with Crippen molar-refractivity contribution in [1.29, 1.82) is 0 Å². The molecule has 84 valence electrons. The first kappa shape index (κ1) is 13.1. The molecule has 0 aliphatic rings. The van der Waals surface area contributed by atoms with Gasteiger partial charge in [-0.25, -0.2) is 0 Å². The molecule has 0 radical (unpaired) electrons. The van der Waals surface area contributed by atoms with E-state index in [1.54, 1.807) is 5.32 Å². The monoisotopic (exact) mass is 220 g/mol. The topological polar surface area (TPSA) is 55.1 Å². The van der Waals surface area contributed by atoms with Gasteiger partial charge < -0.3 is 11.1 Å². The Bertz CT molecular complexity index is 215. The Morgan fingerprint density at radius 1 is 1.36 bits per heavy atom. The molecule has 0 fully saturated rings. The molecule has 8 heteroatoms. The van der Waals surface area contributed by atoms with E-state index in [-0.39, 0.29) is 0 Å². The molecule has 1 unspecified atom stereocenters. The van der Waals surface area contributed by atoms with Crippen LogP contribution in [0.1, 0.15) is 6.92 Å². The van der Waals surface area contributed by atoms with Gasteiger partial charge >= 0.3 is 12.1 Å². The number of hydrogen-bond donors (Lipinski definition) is 2. The Labute approximate surface area is 76.4 Å². The number of alkyl halides is 5. The Morgan fingerprint density at radius 3 is 2.07 bits per heavy atom. The Balaban J connectivity index is 4.36. The van der Waals surface area contributed by atoms with Crippen LogP contribution < -0.4 is 11.1 Å². The molecule has 0 aliphatic heterocycles. The molecule has 3 N–H and O–H groups in total. The summed E-state index contributed by atoms with van der Waals surface area (Å²) in [5, 5.41) is 1.78. The zero-order valence-electron chi connectivity index (χ0n) is 7.16. The molecule has 14 heavy (non-hydrogen) atoms. The van der Waals surface area contributed by atoms with E-state index in [4.69, 9.17) is 0 Å². The maximum Gasteiger partial charge on any atom is 0.455 e. The van der Waals surface area contributed by atoms with Gasteiger partial charge in [0.25, 0.3) is 0 Å². The first-order chi connectivity index (χ1) is 6.09. The molecule has 0 aromatic rings. The molecular weight excluding hydrogens is 211 g/mol. The van der Waals surface area contributed by atoms with Crippen molar-refractivity contribution in [3.63, 3.8) is 0 Å². The SMILES string of the molecule is CC(=O)NCC(N)C(F)(F)C(F)(F)F. The number of hydrogen-bond acceptors (Lipinski definition) is 2. The van der Waals surface area contributed by atoms with Crippen molar-refractivity contribution in [3.8, 4) is 0 Å². The molecule has 0 saturated carbocycles. The third-order valence-corrected chi connectivity index (χ3v) is 1.41. The van der Waals surface area contributed by atoms with Crippen LogP contribution in [0.25, 0.3) is 0 Å². The van der Waals surface area contributed by atoms with E-state index in [9.17, 15) is 26.7 Å². The Hall–Kier alpha value is -0.920. The van der Waals surface area contributed by atoms with Crippen LogP contribution in [-0.2, 0) is 4.79 Å². The van der Waals surface area contributed by atoms with Crippen LogP contribution in [0.2, 0.25) is 0 Å². The summed E-state index contributed by atoms with van der Waals surface area (Å²) in [6, 6.07) is -2.48. The number of nitrogens with one attached hydrogen (secondary N) is 1. The summed E-state index contributed by atoms with van der Waals surface area (Å²) >= 11 is 0. The van der Waals surface area contributed by atoms with E-state index in [2.05, 4.69) is 5.73 Å². The van der Waals surface area contributed by atoms with Gasteiger partial charge in [-0.2, -0.15) is 22.0 Å². The molecule has 1 atom stereocenters. The lowest BCUT2D eigenvalue weighted by molar-refractivity contribution is -0.289. The molecule has 0 bridgehead atoms. The fourth-order valence-electron chi connectivity index (χ4n) is 0.592. The number of carbonyl (C=O) groups excluding carboxylic acids is 1. The van der Waals surface area contributed by atoms with Crippen molar-refractivity contribution in [1.82, 2.24) is 5.32 Å². The van der Waals surface area contributed by atoms with E-state index < -0.39 is 30.6 Å². The van der Waals surface area contributed by atoms with Crippen LogP contribution in [0.15, 0.2) is 0 Å². The third-order valence-electron chi connectivity index (χ3n) is 1.41. The lowest BCUT2D eigenvalue weighted by Crippen LogP contribution is -2.56. The molecule has 0 saturated heterocycles. The van der Waals surface area contributed by atoms with Gasteiger partial charge in [0.05, 0.1) is 6.04 Å². The second-order valence-corrected chi connectivity index (χ2v) is 2.66. The maximum absolute atomic E-state index is 12.4. The molecule has 0 aromatic carbocycles. The van der Waals surface area contributed by atoms with E-state index in [1.807, 2.05) is 0 Å². The standard InChI is InChI=1S/C6H9F5N2O/c1-3(14)13-2-4(12)5(7,8)6(9,10)11/h4H,2,12H2,1H3,(H,13,14). The predicted molar refractivity (Wildman–Crippen MR) is 37.7 cm³/mol. The van der Waals surface area contributed by atoms with Gasteiger partial charge in [0, 0.05) is 13.5 Å². The minimum atomic E-state index is -5.70. The van der Waals surface area contributed by atoms with Crippen molar-refractivity contribution < 1.29 is 26.7 Å². The van der Waals surface area contributed by atoms with E-state index >= 15 is 0 Å². The van der Waals surface area contributed by atoms with E-state index in [1.165, 1.54) is 0 Å². The highest BCUT2D eigenvalue weighted by Crippen LogP contribution is 2.37. The van der Waals surface area contributed by atoms with Gasteiger partial charge in [-0.15, -0.1) is 0 Å². The first-order valence-corrected chi connectivity index (χ1v) is 3.53. The van der Waals surface area contributed by atoms with E-state index in [0.29, 0.717) is 0 Å². The highest BCUT2D eigenvalue weighted by Gasteiger charge is 2.61. The maximum atomic E-state index is 12.4. The number of amides is 1. The highest BCUT2D eigenvalue weighted by atomic mass is 19.4. The van der Waals surface area contributed by atoms with Crippen molar-refractivity contribution in [3.05, 3.63) is 0 Å². The average Bonchev–Trinajstić information content (AvgIpc) is 1.97. The average molecular weight is 220 g/mol. The van der Waals surface area contributed by atoms with E-state index in [0.717, 1.165) is 6.92 Å². The van der Waals surface area contributed by atoms with Gasteiger partial charge in [0.15, 0.2) is 0 Å². The largest absolute Gasteiger partial charge is 0.455 e. The summed E-state index contributed by atoms with van der Waals surface area (Å²) in [6.07, 6.45) is -5.70. The highest BCUT2D eigenvalue weighted by molar-refractivity contribution is 5.72. The number of carbonyl (C=O) groups is 1. The van der Waals surface area contributed by atoms with Crippen LogP contribution in [0.3, 0.4) is 0 Å². The molecule has 0 spiro atoms. The van der Waals surface area contributed by atoms with Gasteiger partial charge in [0.1, 0.15) is 0 Å². The summed E-state index contributed by atoms with van der Waals surface area (Å²) in [6.45, 7) is 0.0558. The second-order valence-electron chi connectivity index (χ2n) is 2.66. The molecule has 0 aliphatic carbocycles. The Kier molecular flexibility index (Phi) is 3.81. The molecule has 1 amide bonds. The van der Waals surface area contributed by atoms with Crippen LogP contribution >= 0.6 is 0 Å². The molecule has 0 rings (SSSR count). The minimum Gasteiger partial charge on any atom is -0.355 e. The predicted octanol–water partition coefficient (Wildman–Crippen LogP) is 0.647. The molecule has 3 nitrogen and oxygen atoms in total. The van der Waals surface area contributed by atoms with Crippen molar-refractivity contribution in [2.45, 2.75) is 25.1 Å². The summed E-state index contributed by atoms with van der Waals surface area (Å²) in [7, 11) is 0. The molecule has 0 heterocycles. The lowest BCUT2D eigenvalue weighted by atomic mass is 10.1. The quantitative estimate of drug-likeness (QED) is 0.686. The smallest absolute Gasteiger partial charge is 0.355 e. The van der Waals surface area contributed by atoms with Crippen LogP contribution in [0.5, 0.6) is 0 Å². The molecule has 0 aromatic heterocycles. The number of nitrogens with two attached hydrogens (primary N) is 1. The summed E-state index contributed by atoms with van der Waals surface area (Å²) in [4.78, 5) is 10.2. The van der Waals surface area contributed by atoms with Crippen LogP contribution in [-0.4, -0.2) is 30.6 Å². The molecular formula is C6H9F5N2O. The summed E-state index contributed by atoms with van der Waals surface area (Å²) in [5.41, 5.74) is 4.60. The van der Waals surface area contributed by atoms with Gasteiger partial charge in [-0.1, -0.05) is 0 Å². The Morgan fingerprint density at radius 2 is 1.79 bits per heavy atom. The summed E-state index contributed by atoms with van der Waals surface area (Å²) < 4.78 is 59.7. The third kappa shape index (κ3) is 3.09. The lowest BCUT2D eigenvalue weighted by Gasteiger charge is -2.25. The zero-order valence-corrected chi connectivity index (χ0v) is 7.16. The number of halogens is 5.